The lowest BCUT2D eigenvalue weighted by molar-refractivity contribution is 0.472. The van der Waals surface area contributed by atoms with Gasteiger partial charge in [-0.3, -0.25) is 20.8 Å². The van der Waals surface area contributed by atoms with Crippen LogP contribution in [0.15, 0.2) is 49.1 Å². The van der Waals surface area contributed by atoms with Crippen LogP contribution in [-0.4, -0.2) is 44.8 Å². The molecule has 10 heteroatoms. The van der Waals surface area contributed by atoms with Crippen LogP contribution in [0.5, 0.6) is 0 Å². The Balaban J connectivity index is 1.91. The average molecular weight is 348 g/mol. The van der Waals surface area contributed by atoms with Crippen molar-refractivity contribution in [1.82, 2.24) is 19.8 Å². The van der Waals surface area contributed by atoms with E-state index in [1.807, 2.05) is 12.4 Å². The van der Waals surface area contributed by atoms with Crippen molar-refractivity contribution in [2.45, 2.75) is 0 Å². The number of aromatic nitrogens is 2. The van der Waals surface area contributed by atoms with Gasteiger partial charge in [-0.2, -0.15) is 10.5 Å². The Hall–Kier alpha value is -4.18. The van der Waals surface area contributed by atoms with Crippen molar-refractivity contribution in [2.75, 3.05) is 23.7 Å². The van der Waals surface area contributed by atoms with Gasteiger partial charge in [-0.1, -0.05) is 0 Å². The number of rotatable bonds is 5. The zero-order valence-corrected chi connectivity index (χ0v) is 13.7. The first-order valence-electron chi connectivity index (χ1n) is 7.49. The SMILES string of the molecule is N#CN(CCN(C#N)C(=N)Nc1cccnc1)C(=N)Nc1cccnc1. The lowest BCUT2D eigenvalue weighted by Crippen LogP contribution is -2.40. The fraction of sp³-hybridized carbons (Fsp3) is 0.125. The summed E-state index contributed by atoms with van der Waals surface area (Å²) in [6.07, 6.45) is 10.0. The zero-order chi connectivity index (χ0) is 18.8. The highest BCUT2D eigenvalue weighted by Crippen LogP contribution is 2.05. The van der Waals surface area contributed by atoms with Gasteiger partial charge in [0.15, 0.2) is 12.4 Å². The van der Waals surface area contributed by atoms with Crippen molar-refractivity contribution in [1.29, 1.82) is 21.3 Å². The van der Waals surface area contributed by atoms with Crippen LogP contribution in [0.4, 0.5) is 11.4 Å². The number of guanidine groups is 2. The van der Waals surface area contributed by atoms with Gasteiger partial charge in [-0.05, 0) is 24.3 Å². The topological polar surface area (TPSA) is 152 Å². The van der Waals surface area contributed by atoms with E-state index in [0.717, 1.165) is 9.80 Å². The smallest absolute Gasteiger partial charge is 0.209 e. The second-order valence-corrected chi connectivity index (χ2v) is 4.93. The van der Waals surface area contributed by atoms with Gasteiger partial charge >= 0.3 is 0 Å². The number of hydrogen-bond donors (Lipinski definition) is 4. The molecule has 0 aromatic carbocycles. The quantitative estimate of drug-likeness (QED) is 0.274. The van der Waals surface area contributed by atoms with Gasteiger partial charge in [-0.25, -0.2) is 9.80 Å². The number of nitrogens with one attached hydrogen (secondary N) is 4. The first kappa shape index (κ1) is 18.2. The number of anilines is 2. The van der Waals surface area contributed by atoms with Gasteiger partial charge in [0.1, 0.15) is 0 Å². The molecule has 2 aromatic rings. The molecule has 0 fully saturated rings. The predicted octanol–water partition coefficient (Wildman–Crippen LogP) is 1.44. The Labute approximate surface area is 150 Å². The van der Waals surface area contributed by atoms with Crippen LogP contribution in [0.25, 0.3) is 0 Å². The molecule has 0 saturated carbocycles. The Morgan fingerprint density at radius 3 is 1.62 bits per heavy atom. The van der Waals surface area contributed by atoms with E-state index in [-0.39, 0.29) is 25.0 Å². The van der Waals surface area contributed by atoms with Crippen LogP contribution in [0.1, 0.15) is 0 Å². The molecule has 0 aliphatic carbocycles. The van der Waals surface area contributed by atoms with Crippen LogP contribution in [0.3, 0.4) is 0 Å². The maximum atomic E-state index is 9.23. The largest absolute Gasteiger partial charge is 0.324 e. The van der Waals surface area contributed by atoms with E-state index in [2.05, 4.69) is 20.6 Å². The maximum absolute atomic E-state index is 9.23. The van der Waals surface area contributed by atoms with E-state index in [1.54, 1.807) is 36.7 Å². The second-order valence-electron chi connectivity index (χ2n) is 4.93. The summed E-state index contributed by atoms with van der Waals surface area (Å²) < 4.78 is 0. The lowest BCUT2D eigenvalue weighted by atomic mass is 10.4. The molecule has 0 unspecified atom stereocenters. The summed E-state index contributed by atoms with van der Waals surface area (Å²) in [5.41, 5.74) is 1.14. The Kier molecular flexibility index (Phi) is 6.43. The minimum atomic E-state index is -0.148. The maximum Gasteiger partial charge on any atom is 0.209 e. The Bertz CT molecular complexity index is 750. The first-order chi connectivity index (χ1) is 12.6. The molecule has 2 heterocycles. The molecular formula is C16H16N10. The summed E-state index contributed by atoms with van der Waals surface area (Å²) in [7, 11) is 0. The molecule has 2 aromatic heterocycles. The molecule has 0 atom stereocenters. The highest BCUT2D eigenvalue weighted by molar-refractivity contribution is 5.93. The standard InChI is InChI=1S/C16H16N10/c17-11-25(15(19)23-13-3-1-5-21-9-13)7-8-26(12-18)16(20)24-14-4-2-6-22-10-14/h1-6,9-10H,7-8H2,(H2,19,23)(H2,20,24). The summed E-state index contributed by atoms with van der Waals surface area (Å²) in [5, 5.41) is 39.9. The normalized spacial score (nSPS) is 9.31. The van der Waals surface area contributed by atoms with E-state index in [1.165, 1.54) is 12.4 Å². The Morgan fingerprint density at radius 1 is 0.885 bits per heavy atom. The highest BCUT2D eigenvalue weighted by atomic mass is 15.3. The van der Waals surface area contributed by atoms with Crippen molar-refractivity contribution in [3.8, 4) is 12.4 Å². The summed E-state index contributed by atoms with van der Waals surface area (Å²) in [6, 6.07) is 6.84. The van der Waals surface area contributed by atoms with Crippen LogP contribution in [0, 0.1) is 33.7 Å². The molecule has 2 rings (SSSR count). The van der Waals surface area contributed by atoms with Crippen LogP contribution in [0.2, 0.25) is 0 Å². The average Bonchev–Trinajstić information content (AvgIpc) is 2.66. The van der Waals surface area contributed by atoms with Crippen LogP contribution < -0.4 is 10.6 Å². The van der Waals surface area contributed by atoms with Crippen LogP contribution >= 0.6 is 0 Å². The third-order valence-corrected chi connectivity index (χ3v) is 3.18. The van der Waals surface area contributed by atoms with Crippen molar-refractivity contribution in [3.63, 3.8) is 0 Å². The van der Waals surface area contributed by atoms with Crippen molar-refractivity contribution in [2.24, 2.45) is 0 Å². The summed E-state index contributed by atoms with van der Waals surface area (Å²) >= 11 is 0. The highest BCUT2D eigenvalue weighted by Gasteiger charge is 2.14. The molecule has 130 valence electrons. The number of nitriles is 2. The third-order valence-electron chi connectivity index (χ3n) is 3.18. The molecule has 0 aliphatic heterocycles. The molecular weight excluding hydrogens is 332 g/mol. The van der Waals surface area contributed by atoms with E-state index in [0.29, 0.717) is 11.4 Å². The van der Waals surface area contributed by atoms with Gasteiger partial charge < -0.3 is 10.6 Å². The Morgan fingerprint density at radius 2 is 1.31 bits per heavy atom. The van der Waals surface area contributed by atoms with Gasteiger partial charge in [-0.15, -0.1) is 0 Å². The predicted molar refractivity (Wildman–Crippen MR) is 95.8 cm³/mol. The molecule has 0 spiro atoms. The molecule has 0 saturated heterocycles. The zero-order valence-electron chi connectivity index (χ0n) is 13.7. The lowest BCUT2D eigenvalue weighted by Gasteiger charge is -2.22. The first-order valence-corrected chi connectivity index (χ1v) is 7.49. The van der Waals surface area contributed by atoms with Gasteiger partial charge in [0.05, 0.1) is 36.9 Å². The fourth-order valence-corrected chi connectivity index (χ4v) is 1.91. The van der Waals surface area contributed by atoms with E-state index >= 15 is 0 Å². The molecule has 10 nitrogen and oxygen atoms in total. The van der Waals surface area contributed by atoms with Crippen molar-refractivity contribution < 1.29 is 0 Å². The van der Waals surface area contributed by atoms with Gasteiger partial charge in [0, 0.05) is 12.4 Å². The molecule has 4 N–H and O–H groups in total. The summed E-state index contributed by atoms with van der Waals surface area (Å²) in [5.74, 6) is -0.296. The van der Waals surface area contributed by atoms with Gasteiger partial charge in [0.2, 0.25) is 11.9 Å². The summed E-state index contributed by atoms with van der Waals surface area (Å²) in [4.78, 5) is 10.00. The molecule has 0 amide bonds. The number of hydrogen-bond acceptors (Lipinski definition) is 6. The van der Waals surface area contributed by atoms with Crippen LogP contribution in [-0.2, 0) is 0 Å². The minimum absolute atomic E-state index is 0.0489. The van der Waals surface area contributed by atoms with E-state index in [4.69, 9.17) is 10.8 Å². The van der Waals surface area contributed by atoms with Crippen molar-refractivity contribution in [3.05, 3.63) is 49.1 Å². The molecule has 0 bridgehead atoms. The summed E-state index contributed by atoms with van der Waals surface area (Å²) in [6.45, 7) is 0.0977. The minimum Gasteiger partial charge on any atom is -0.324 e. The van der Waals surface area contributed by atoms with Gasteiger partial charge in [0.25, 0.3) is 0 Å². The molecule has 0 aliphatic rings. The van der Waals surface area contributed by atoms with E-state index in [9.17, 15) is 10.5 Å². The number of pyridine rings is 2. The second kappa shape index (κ2) is 9.20. The third kappa shape index (κ3) is 5.18. The van der Waals surface area contributed by atoms with E-state index < -0.39 is 0 Å². The monoisotopic (exact) mass is 348 g/mol. The number of nitrogens with zero attached hydrogens (tertiary/aromatic N) is 6. The molecule has 26 heavy (non-hydrogen) atoms. The molecule has 0 radical (unpaired) electrons. The van der Waals surface area contributed by atoms with Crippen molar-refractivity contribution >= 4 is 23.3 Å². The fourth-order valence-electron chi connectivity index (χ4n) is 1.91.